The molecule has 0 fully saturated rings. The molecule has 1 aromatic heterocycles. The van der Waals surface area contributed by atoms with Gasteiger partial charge in [-0.05, 0) is 41.2 Å². The Labute approximate surface area is 195 Å². The maximum absolute atomic E-state index is 4.63. The van der Waals surface area contributed by atoms with Crippen LogP contribution in [-0.2, 0) is 6.42 Å². The van der Waals surface area contributed by atoms with E-state index >= 15 is 0 Å². The molecule has 0 N–H and O–H groups in total. The van der Waals surface area contributed by atoms with E-state index in [1.165, 1.54) is 16.7 Å². The molecule has 5 aromatic rings. The molecule has 0 saturated heterocycles. The van der Waals surface area contributed by atoms with E-state index in [4.69, 9.17) is 0 Å². The molecule has 0 atom stereocenters. The lowest BCUT2D eigenvalue weighted by atomic mass is 10.0. The van der Waals surface area contributed by atoms with Gasteiger partial charge < -0.3 is 0 Å². The van der Waals surface area contributed by atoms with E-state index in [9.17, 15) is 0 Å². The molecule has 0 aliphatic heterocycles. The normalized spacial score (nSPS) is 11.1. The zero-order valence-corrected chi connectivity index (χ0v) is 19.0. The summed E-state index contributed by atoms with van der Waals surface area (Å²) in [6, 6.07) is 38.0. The van der Waals surface area contributed by atoms with Crippen LogP contribution in [0.4, 0.5) is 0 Å². The lowest BCUT2D eigenvalue weighted by molar-refractivity contribution is 0.647. The highest BCUT2D eigenvalue weighted by Crippen LogP contribution is 2.30. The van der Waals surface area contributed by atoms with Gasteiger partial charge in [0, 0.05) is 16.8 Å². The van der Waals surface area contributed by atoms with Crippen LogP contribution in [0.2, 0.25) is 0 Å². The van der Waals surface area contributed by atoms with Crippen molar-refractivity contribution < 1.29 is 0 Å². The molecular formula is C30H27N3. The van der Waals surface area contributed by atoms with E-state index in [0.29, 0.717) is 5.92 Å². The Morgan fingerprint density at radius 1 is 0.545 bits per heavy atom. The Morgan fingerprint density at radius 3 is 1.55 bits per heavy atom. The molecule has 1 heterocycles. The number of nitrogens with zero attached hydrogens (tertiary/aromatic N) is 3. The molecule has 3 nitrogen and oxygen atoms in total. The molecule has 0 saturated carbocycles. The summed E-state index contributed by atoms with van der Waals surface area (Å²) >= 11 is 0. The van der Waals surface area contributed by atoms with E-state index in [-0.39, 0.29) is 0 Å². The van der Waals surface area contributed by atoms with Crippen molar-refractivity contribution in [2.75, 3.05) is 0 Å². The first-order chi connectivity index (χ1) is 16.2. The van der Waals surface area contributed by atoms with Gasteiger partial charge in [0.1, 0.15) is 0 Å². The van der Waals surface area contributed by atoms with Gasteiger partial charge in [0.25, 0.3) is 0 Å². The third-order valence-electron chi connectivity index (χ3n) is 5.78. The Morgan fingerprint density at radius 2 is 1.00 bits per heavy atom. The van der Waals surface area contributed by atoms with Crippen LogP contribution < -0.4 is 0 Å². The van der Waals surface area contributed by atoms with Crippen LogP contribution in [0.5, 0.6) is 0 Å². The Hall–Kier alpha value is -3.98. The van der Waals surface area contributed by atoms with Crippen molar-refractivity contribution in [3.63, 3.8) is 0 Å². The van der Waals surface area contributed by atoms with Gasteiger partial charge in [-0.15, -0.1) is 10.2 Å². The van der Waals surface area contributed by atoms with E-state index in [1.54, 1.807) is 0 Å². The van der Waals surface area contributed by atoms with Crippen LogP contribution in [0.1, 0.15) is 19.4 Å². The van der Waals surface area contributed by atoms with Gasteiger partial charge in [-0.25, -0.2) is 0 Å². The third kappa shape index (κ3) is 4.49. The van der Waals surface area contributed by atoms with Gasteiger partial charge in [0.15, 0.2) is 11.6 Å². The zero-order chi connectivity index (χ0) is 22.6. The number of aromatic nitrogens is 3. The predicted molar refractivity (Wildman–Crippen MR) is 136 cm³/mol. The second-order valence-electron chi connectivity index (χ2n) is 8.76. The number of rotatable bonds is 6. The van der Waals surface area contributed by atoms with Crippen LogP contribution in [-0.4, -0.2) is 14.8 Å². The van der Waals surface area contributed by atoms with E-state index in [2.05, 4.69) is 114 Å². The number of benzene rings is 4. The summed E-state index contributed by atoms with van der Waals surface area (Å²) in [7, 11) is 0. The molecule has 0 aliphatic carbocycles. The predicted octanol–water partition coefficient (Wildman–Crippen LogP) is 7.47. The maximum Gasteiger partial charge on any atom is 0.168 e. The third-order valence-corrected chi connectivity index (χ3v) is 5.78. The minimum atomic E-state index is 0.634. The zero-order valence-electron chi connectivity index (χ0n) is 19.0. The molecule has 3 heteroatoms. The van der Waals surface area contributed by atoms with Gasteiger partial charge >= 0.3 is 0 Å². The van der Waals surface area contributed by atoms with Crippen LogP contribution >= 0.6 is 0 Å². The van der Waals surface area contributed by atoms with Crippen molar-refractivity contribution in [3.8, 4) is 39.6 Å². The minimum Gasteiger partial charge on any atom is -0.275 e. The fourth-order valence-electron chi connectivity index (χ4n) is 4.18. The second kappa shape index (κ2) is 9.25. The highest BCUT2D eigenvalue weighted by molar-refractivity contribution is 5.71. The van der Waals surface area contributed by atoms with Gasteiger partial charge in [-0.2, -0.15) is 0 Å². The van der Waals surface area contributed by atoms with Gasteiger partial charge in [-0.3, -0.25) is 4.57 Å². The first-order valence-electron chi connectivity index (χ1n) is 11.4. The van der Waals surface area contributed by atoms with Crippen molar-refractivity contribution in [3.05, 3.63) is 115 Å². The molecule has 0 radical (unpaired) electrons. The number of para-hydroxylation sites is 1. The average Bonchev–Trinajstić information content (AvgIpc) is 3.30. The topological polar surface area (TPSA) is 30.7 Å². The number of hydrogen-bond acceptors (Lipinski definition) is 2. The molecule has 4 aromatic carbocycles. The summed E-state index contributed by atoms with van der Waals surface area (Å²) in [5.74, 6) is 2.32. The van der Waals surface area contributed by atoms with Gasteiger partial charge in [0.2, 0.25) is 0 Å². The van der Waals surface area contributed by atoms with Crippen LogP contribution in [0.25, 0.3) is 39.6 Å². The summed E-state index contributed by atoms with van der Waals surface area (Å²) in [6.45, 7) is 4.49. The summed E-state index contributed by atoms with van der Waals surface area (Å²) < 4.78 is 2.15. The lowest BCUT2D eigenvalue weighted by Gasteiger charge is -2.12. The smallest absolute Gasteiger partial charge is 0.168 e. The van der Waals surface area contributed by atoms with Crippen LogP contribution in [0, 0.1) is 5.92 Å². The Kier molecular flexibility index (Phi) is 5.86. The van der Waals surface area contributed by atoms with E-state index in [0.717, 1.165) is 34.9 Å². The van der Waals surface area contributed by atoms with Crippen molar-refractivity contribution in [1.29, 1.82) is 0 Å². The average molecular weight is 430 g/mol. The van der Waals surface area contributed by atoms with Crippen molar-refractivity contribution in [1.82, 2.24) is 14.8 Å². The highest BCUT2D eigenvalue weighted by atomic mass is 15.3. The Bertz CT molecular complexity index is 1320. The van der Waals surface area contributed by atoms with E-state index in [1.807, 2.05) is 24.3 Å². The standard InChI is InChI=1S/C30H27N3/c1-22(2)21-23-13-15-26(16-14-23)29-31-32-30(33(29)28-11-7-4-8-12-28)27-19-17-25(18-20-27)24-9-5-3-6-10-24/h3-20,22H,21H2,1-2H3. The van der Waals surface area contributed by atoms with Crippen molar-refractivity contribution in [2.24, 2.45) is 5.92 Å². The highest BCUT2D eigenvalue weighted by Gasteiger charge is 2.17. The maximum atomic E-state index is 4.63. The first-order valence-corrected chi connectivity index (χ1v) is 11.4. The molecule has 0 amide bonds. The Balaban J connectivity index is 1.57. The fraction of sp³-hybridized carbons (Fsp3) is 0.133. The van der Waals surface area contributed by atoms with Gasteiger partial charge in [0.05, 0.1) is 0 Å². The van der Waals surface area contributed by atoms with Crippen molar-refractivity contribution in [2.45, 2.75) is 20.3 Å². The number of hydrogen-bond donors (Lipinski definition) is 0. The summed E-state index contributed by atoms with van der Waals surface area (Å²) in [5, 5.41) is 9.25. The molecule has 0 aliphatic rings. The fourth-order valence-corrected chi connectivity index (χ4v) is 4.18. The monoisotopic (exact) mass is 429 g/mol. The summed E-state index contributed by atoms with van der Waals surface area (Å²) in [6.07, 6.45) is 1.07. The molecular weight excluding hydrogens is 402 g/mol. The van der Waals surface area contributed by atoms with Crippen LogP contribution in [0.15, 0.2) is 109 Å². The molecule has 162 valence electrons. The quantitative estimate of drug-likeness (QED) is 0.280. The summed E-state index contributed by atoms with van der Waals surface area (Å²) in [4.78, 5) is 0. The minimum absolute atomic E-state index is 0.634. The first kappa shape index (κ1) is 20.9. The van der Waals surface area contributed by atoms with Gasteiger partial charge in [-0.1, -0.05) is 111 Å². The summed E-state index contributed by atoms with van der Waals surface area (Å²) in [5.41, 5.74) is 6.88. The van der Waals surface area contributed by atoms with Crippen molar-refractivity contribution >= 4 is 0 Å². The second-order valence-corrected chi connectivity index (χ2v) is 8.76. The molecule has 0 bridgehead atoms. The molecule has 33 heavy (non-hydrogen) atoms. The van der Waals surface area contributed by atoms with Crippen LogP contribution in [0.3, 0.4) is 0 Å². The molecule has 5 rings (SSSR count). The van der Waals surface area contributed by atoms with E-state index < -0.39 is 0 Å². The lowest BCUT2D eigenvalue weighted by Crippen LogP contribution is -2.00. The molecule has 0 unspecified atom stereocenters. The largest absolute Gasteiger partial charge is 0.275 e. The molecule has 0 spiro atoms. The SMILES string of the molecule is CC(C)Cc1ccc(-c2nnc(-c3ccc(-c4ccccc4)cc3)n2-c2ccccc2)cc1.